The molecule has 134 valence electrons. The fraction of sp³-hybridized carbons (Fsp3) is 0.235. The lowest BCUT2D eigenvalue weighted by Crippen LogP contribution is -2.25. The molecule has 0 unspecified atom stereocenters. The number of hydrogen-bond donors (Lipinski definition) is 2. The Morgan fingerprint density at radius 2 is 1.84 bits per heavy atom. The molecule has 0 spiro atoms. The van der Waals surface area contributed by atoms with E-state index in [1.807, 2.05) is 0 Å². The summed E-state index contributed by atoms with van der Waals surface area (Å²) in [4.78, 5) is 12.4. The van der Waals surface area contributed by atoms with Gasteiger partial charge < -0.3 is 10.1 Å². The number of carbonyl (C=O) groups is 1. The molecule has 0 bridgehead atoms. The van der Waals surface area contributed by atoms with Crippen LogP contribution in [-0.4, -0.2) is 35.0 Å². The Morgan fingerprint density at radius 3 is 2.44 bits per heavy atom. The van der Waals surface area contributed by atoms with Crippen molar-refractivity contribution in [3.8, 4) is 5.75 Å². The Morgan fingerprint density at radius 1 is 1.16 bits per heavy atom. The molecule has 0 saturated carbocycles. The van der Waals surface area contributed by atoms with Gasteiger partial charge in [-0.3, -0.25) is 4.79 Å². The molecule has 0 fully saturated rings. The number of benzene rings is 2. The Labute approximate surface area is 152 Å². The summed E-state index contributed by atoms with van der Waals surface area (Å²) in [7, 11) is -0.570. The van der Waals surface area contributed by atoms with Gasteiger partial charge in [0.2, 0.25) is 10.0 Å². The van der Waals surface area contributed by atoms with E-state index in [9.17, 15) is 13.2 Å². The van der Waals surface area contributed by atoms with Crippen molar-refractivity contribution >= 4 is 27.5 Å². The van der Waals surface area contributed by atoms with Gasteiger partial charge in [-0.15, -0.1) is 0 Å². The van der Waals surface area contributed by atoms with Gasteiger partial charge in [0.15, 0.2) is 0 Å². The van der Waals surface area contributed by atoms with E-state index in [0.29, 0.717) is 29.3 Å². The number of hydrogen-bond acceptors (Lipinski definition) is 4. The highest BCUT2D eigenvalue weighted by Crippen LogP contribution is 2.20. The quantitative estimate of drug-likeness (QED) is 0.769. The minimum absolute atomic E-state index is 0.203. The summed E-state index contributed by atoms with van der Waals surface area (Å²) in [5.41, 5.74) is 1.33. The van der Waals surface area contributed by atoms with Crippen LogP contribution in [0.25, 0.3) is 0 Å². The molecule has 0 heterocycles. The zero-order chi connectivity index (χ0) is 18.4. The van der Waals surface area contributed by atoms with Crippen LogP contribution < -0.4 is 14.8 Å². The molecule has 8 heteroatoms. The van der Waals surface area contributed by atoms with E-state index in [0.717, 1.165) is 5.56 Å². The normalized spacial score (nSPS) is 11.2. The molecular formula is C17H19ClN2O4S. The molecule has 1 amide bonds. The van der Waals surface area contributed by atoms with Gasteiger partial charge in [-0.1, -0.05) is 23.7 Å². The van der Waals surface area contributed by atoms with Crippen molar-refractivity contribution in [3.63, 3.8) is 0 Å². The first-order chi connectivity index (χ1) is 11.9. The van der Waals surface area contributed by atoms with E-state index < -0.39 is 10.0 Å². The van der Waals surface area contributed by atoms with Crippen molar-refractivity contribution in [1.82, 2.24) is 10.0 Å². The topological polar surface area (TPSA) is 84.5 Å². The van der Waals surface area contributed by atoms with Crippen molar-refractivity contribution in [2.45, 2.75) is 11.3 Å². The van der Waals surface area contributed by atoms with E-state index in [4.69, 9.17) is 16.3 Å². The lowest BCUT2D eigenvalue weighted by atomic mass is 10.1. The zero-order valence-corrected chi connectivity index (χ0v) is 15.4. The lowest BCUT2D eigenvalue weighted by Gasteiger charge is -2.08. The van der Waals surface area contributed by atoms with Crippen molar-refractivity contribution in [2.75, 3.05) is 20.7 Å². The van der Waals surface area contributed by atoms with Crippen molar-refractivity contribution in [1.29, 1.82) is 0 Å². The second-order valence-corrected chi connectivity index (χ2v) is 7.56. The summed E-state index contributed by atoms with van der Waals surface area (Å²) in [5.74, 6) is 0.258. The van der Waals surface area contributed by atoms with Gasteiger partial charge in [-0.2, -0.15) is 0 Å². The molecule has 0 radical (unpaired) electrons. The van der Waals surface area contributed by atoms with Crippen molar-refractivity contribution in [2.24, 2.45) is 0 Å². The Bertz CT molecular complexity index is 851. The predicted molar refractivity (Wildman–Crippen MR) is 96.7 cm³/mol. The zero-order valence-electron chi connectivity index (χ0n) is 13.9. The molecule has 0 aliphatic rings. The molecule has 2 N–H and O–H groups in total. The lowest BCUT2D eigenvalue weighted by molar-refractivity contribution is 0.0954. The molecule has 25 heavy (non-hydrogen) atoms. The van der Waals surface area contributed by atoms with Crippen LogP contribution in [0.5, 0.6) is 5.75 Å². The van der Waals surface area contributed by atoms with E-state index in [-0.39, 0.29) is 10.8 Å². The number of sulfonamides is 1. The first-order valence-electron chi connectivity index (χ1n) is 7.51. The van der Waals surface area contributed by atoms with Crippen LogP contribution in [-0.2, 0) is 16.4 Å². The first kappa shape index (κ1) is 19.2. The summed E-state index contributed by atoms with van der Waals surface area (Å²) in [6.45, 7) is 0.409. The highest BCUT2D eigenvalue weighted by atomic mass is 35.5. The van der Waals surface area contributed by atoms with Crippen LogP contribution >= 0.6 is 11.6 Å². The molecule has 2 aromatic rings. The maximum atomic E-state index is 12.2. The fourth-order valence-corrected chi connectivity index (χ4v) is 3.14. The van der Waals surface area contributed by atoms with Gasteiger partial charge in [-0.05, 0) is 49.4 Å². The second kappa shape index (κ2) is 8.33. The third kappa shape index (κ3) is 5.19. The van der Waals surface area contributed by atoms with Gasteiger partial charge in [0, 0.05) is 17.1 Å². The smallest absolute Gasteiger partial charge is 0.251 e. The van der Waals surface area contributed by atoms with Crippen molar-refractivity contribution < 1.29 is 17.9 Å². The van der Waals surface area contributed by atoms with Gasteiger partial charge >= 0.3 is 0 Å². The number of rotatable bonds is 7. The summed E-state index contributed by atoms with van der Waals surface area (Å²) in [6, 6.07) is 11.3. The summed E-state index contributed by atoms with van der Waals surface area (Å²) in [6.07, 6.45) is 0.573. The molecule has 2 rings (SSSR count). The van der Waals surface area contributed by atoms with Gasteiger partial charge in [0.25, 0.3) is 5.91 Å². The van der Waals surface area contributed by atoms with Crippen LogP contribution in [0, 0.1) is 0 Å². The van der Waals surface area contributed by atoms with Gasteiger partial charge in [-0.25, -0.2) is 13.1 Å². The van der Waals surface area contributed by atoms with Gasteiger partial charge in [0.05, 0.1) is 12.0 Å². The number of carbonyl (C=O) groups excluding carboxylic acids is 1. The Balaban J connectivity index is 1.94. The highest BCUT2D eigenvalue weighted by Gasteiger charge is 2.11. The monoisotopic (exact) mass is 382 g/mol. The van der Waals surface area contributed by atoms with Crippen LogP contribution in [0.4, 0.5) is 0 Å². The molecule has 0 atom stereocenters. The van der Waals surface area contributed by atoms with Crippen LogP contribution in [0.3, 0.4) is 0 Å². The molecule has 0 aromatic heterocycles. The molecular weight excluding hydrogens is 364 g/mol. The molecule has 0 aliphatic carbocycles. The number of nitrogens with one attached hydrogen (secondary N) is 2. The minimum Gasteiger partial charge on any atom is -0.497 e. The standard InChI is InChI=1S/C17H19ClN2O4S/c1-19-25(22,23)16-5-3-12(4-6-16)7-8-20-17(21)13-9-14(18)11-15(10-13)24-2/h3-6,9-11,19H,7-8H2,1-2H3,(H,20,21). The largest absolute Gasteiger partial charge is 0.497 e. The van der Waals surface area contributed by atoms with E-state index in [1.54, 1.807) is 30.3 Å². The van der Waals surface area contributed by atoms with Crippen LogP contribution in [0.15, 0.2) is 47.4 Å². The number of methoxy groups -OCH3 is 1. The van der Waals surface area contributed by atoms with E-state index >= 15 is 0 Å². The summed E-state index contributed by atoms with van der Waals surface area (Å²) in [5, 5.41) is 3.22. The Kier molecular flexibility index (Phi) is 6.41. The van der Waals surface area contributed by atoms with Gasteiger partial charge in [0.1, 0.15) is 5.75 Å². The van der Waals surface area contributed by atoms with Crippen LogP contribution in [0.2, 0.25) is 5.02 Å². The average Bonchev–Trinajstić information content (AvgIpc) is 2.61. The summed E-state index contributed by atoms with van der Waals surface area (Å²) >= 11 is 5.95. The van der Waals surface area contributed by atoms with E-state index in [2.05, 4.69) is 10.0 Å². The molecule has 0 saturated heterocycles. The van der Waals surface area contributed by atoms with E-state index in [1.165, 1.54) is 26.3 Å². The number of amides is 1. The molecule has 6 nitrogen and oxygen atoms in total. The van der Waals surface area contributed by atoms with Crippen molar-refractivity contribution in [3.05, 3.63) is 58.6 Å². The maximum absolute atomic E-state index is 12.2. The fourth-order valence-electron chi connectivity index (χ4n) is 2.19. The second-order valence-electron chi connectivity index (χ2n) is 5.24. The Hall–Kier alpha value is -2.09. The third-order valence-electron chi connectivity index (χ3n) is 3.57. The molecule has 2 aromatic carbocycles. The van der Waals surface area contributed by atoms with Crippen LogP contribution in [0.1, 0.15) is 15.9 Å². The molecule has 0 aliphatic heterocycles. The first-order valence-corrected chi connectivity index (χ1v) is 9.37. The predicted octanol–water partition coefficient (Wildman–Crippen LogP) is 2.23. The number of ether oxygens (including phenoxy) is 1. The average molecular weight is 383 g/mol. The number of halogens is 1. The highest BCUT2D eigenvalue weighted by molar-refractivity contribution is 7.89. The third-order valence-corrected chi connectivity index (χ3v) is 5.22. The summed E-state index contributed by atoms with van der Waals surface area (Å²) < 4.78 is 30.7. The minimum atomic E-state index is -3.44. The SMILES string of the molecule is CNS(=O)(=O)c1ccc(CCNC(=O)c2cc(Cl)cc(OC)c2)cc1. The maximum Gasteiger partial charge on any atom is 0.251 e.